The van der Waals surface area contributed by atoms with Crippen LogP contribution in [0, 0.1) is 5.92 Å². The van der Waals surface area contributed by atoms with E-state index in [9.17, 15) is 5.11 Å². The number of hydrogen-bond acceptors (Lipinski definition) is 3. The Kier molecular flexibility index (Phi) is 5.30. The monoisotopic (exact) mass is 278 g/mol. The van der Waals surface area contributed by atoms with Gasteiger partial charge in [0.15, 0.2) is 11.5 Å². The number of para-hydroxylation sites is 1. The second-order valence-electron chi connectivity index (χ2n) is 5.89. The SMILES string of the molecule is COc1cccc(C(O)C2CCCCC2)c1OC(C)C. The van der Waals surface area contributed by atoms with Crippen molar-refractivity contribution < 1.29 is 14.6 Å². The quantitative estimate of drug-likeness (QED) is 0.881. The summed E-state index contributed by atoms with van der Waals surface area (Å²) in [5.74, 6) is 1.74. The summed E-state index contributed by atoms with van der Waals surface area (Å²) in [6, 6.07) is 5.77. The van der Waals surface area contributed by atoms with Crippen LogP contribution in [-0.4, -0.2) is 18.3 Å². The molecule has 1 saturated carbocycles. The molecule has 1 aliphatic rings. The van der Waals surface area contributed by atoms with Gasteiger partial charge < -0.3 is 14.6 Å². The Balaban J connectivity index is 2.28. The third-order valence-corrected chi connectivity index (χ3v) is 4.00. The molecule has 0 aliphatic heterocycles. The van der Waals surface area contributed by atoms with Crippen molar-refractivity contribution in [1.82, 2.24) is 0 Å². The number of aliphatic hydroxyl groups is 1. The summed E-state index contributed by atoms with van der Waals surface area (Å²) < 4.78 is 11.3. The van der Waals surface area contributed by atoms with Crippen molar-refractivity contribution in [3.63, 3.8) is 0 Å². The van der Waals surface area contributed by atoms with Crippen molar-refractivity contribution >= 4 is 0 Å². The van der Waals surface area contributed by atoms with Crippen molar-refractivity contribution in [2.75, 3.05) is 7.11 Å². The van der Waals surface area contributed by atoms with E-state index < -0.39 is 6.10 Å². The van der Waals surface area contributed by atoms with Crippen LogP contribution < -0.4 is 9.47 Å². The van der Waals surface area contributed by atoms with E-state index >= 15 is 0 Å². The van der Waals surface area contributed by atoms with E-state index in [2.05, 4.69) is 0 Å². The second-order valence-corrected chi connectivity index (χ2v) is 5.89. The van der Waals surface area contributed by atoms with E-state index in [-0.39, 0.29) is 6.10 Å². The zero-order chi connectivity index (χ0) is 14.5. The maximum absolute atomic E-state index is 10.7. The van der Waals surface area contributed by atoms with Crippen LogP contribution in [0.2, 0.25) is 0 Å². The average molecular weight is 278 g/mol. The third kappa shape index (κ3) is 3.45. The molecule has 1 aromatic rings. The largest absolute Gasteiger partial charge is 0.493 e. The van der Waals surface area contributed by atoms with Gasteiger partial charge in [0.2, 0.25) is 0 Å². The van der Waals surface area contributed by atoms with Crippen LogP contribution in [0.5, 0.6) is 11.5 Å². The summed E-state index contributed by atoms with van der Waals surface area (Å²) in [5, 5.41) is 10.7. The van der Waals surface area contributed by atoms with Gasteiger partial charge in [-0.1, -0.05) is 31.4 Å². The molecule has 1 aromatic carbocycles. The van der Waals surface area contributed by atoms with Gasteiger partial charge in [0.05, 0.1) is 19.3 Å². The van der Waals surface area contributed by atoms with Gasteiger partial charge in [-0.15, -0.1) is 0 Å². The average Bonchev–Trinajstić information content (AvgIpc) is 2.47. The highest BCUT2D eigenvalue weighted by Gasteiger charge is 2.27. The zero-order valence-electron chi connectivity index (χ0n) is 12.8. The van der Waals surface area contributed by atoms with Crippen molar-refractivity contribution in [3.05, 3.63) is 23.8 Å². The summed E-state index contributed by atoms with van der Waals surface area (Å²) in [5.41, 5.74) is 0.866. The molecule has 0 saturated heterocycles. The second kappa shape index (κ2) is 6.98. The van der Waals surface area contributed by atoms with Crippen LogP contribution in [0.4, 0.5) is 0 Å². The Morgan fingerprint density at radius 1 is 1.15 bits per heavy atom. The number of aliphatic hydroxyl groups excluding tert-OH is 1. The molecule has 1 aliphatic carbocycles. The smallest absolute Gasteiger partial charge is 0.167 e. The third-order valence-electron chi connectivity index (χ3n) is 4.00. The molecule has 0 heterocycles. The molecular weight excluding hydrogens is 252 g/mol. The Morgan fingerprint density at radius 2 is 1.85 bits per heavy atom. The molecular formula is C17H26O3. The number of hydrogen-bond donors (Lipinski definition) is 1. The minimum atomic E-state index is -0.459. The molecule has 2 rings (SSSR count). The normalized spacial score (nSPS) is 18.1. The first-order chi connectivity index (χ1) is 9.63. The molecule has 1 atom stereocenters. The molecule has 0 spiro atoms. The minimum Gasteiger partial charge on any atom is -0.493 e. The lowest BCUT2D eigenvalue weighted by Crippen LogP contribution is -2.18. The predicted octanol–water partition coefficient (Wildman–Crippen LogP) is 4.10. The summed E-state index contributed by atoms with van der Waals surface area (Å²) in [6.45, 7) is 3.98. The van der Waals surface area contributed by atoms with Gasteiger partial charge in [-0.3, -0.25) is 0 Å². The van der Waals surface area contributed by atoms with Crippen molar-refractivity contribution in [3.8, 4) is 11.5 Å². The summed E-state index contributed by atoms with van der Waals surface area (Å²) >= 11 is 0. The standard InChI is InChI=1S/C17H26O3/c1-12(2)20-17-14(10-7-11-15(17)19-3)16(18)13-8-5-4-6-9-13/h7,10-13,16,18H,4-6,8-9H2,1-3H3. The molecule has 0 radical (unpaired) electrons. The van der Waals surface area contributed by atoms with Crippen LogP contribution in [0.15, 0.2) is 18.2 Å². The molecule has 112 valence electrons. The Hall–Kier alpha value is -1.22. The summed E-state index contributed by atoms with van der Waals surface area (Å²) in [7, 11) is 1.64. The van der Waals surface area contributed by atoms with Crippen LogP contribution in [-0.2, 0) is 0 Å². The fourth-order valence-corrected chi connectivity index (χ4v) is 2.99. The molecule has 0 amide bonds. The molecule has 1 fully saturated rings. The number of ether oxygens (including phenoxy) is 2. The van der Waals surface area contributed by atoms with Gasteiger partial charge in [0, 0.05) is 5.56 Å². The highest BCUT2D eigenvalue weighted by molar-refractivity contribution is 5.48. The number of methoxy groups -OCH3 is 1. The van der Waals surface area contributed by atoms with E-state index in [4.69, 9.17) is 9.47 Å². The van der Waals surface area contributed by atoms with Crippen molar-refractivity contribution in [2.45, 2.75) is 58.2 Å². The van der Waals surface area contributed by atoms with Gasteiger partial charge in [0.1, 0.15) is 0 Å². The van der Waals surface area contributed by atoms with E-state index in [1.165, 1.54) is 19.3 Å². The fourth-order valence-electron chi connectivity index (χ4n) is 2.99. The van der Waals surface area contributed by atoms with E-state index in [0.29, 0.717) is 17.4 Å². The highest BCUT2D eigenvalue weighted by Crippen LogP contribution is 2.41. The minimum absolute atomic E-state index is 0.0589. The summed E-state index contributed by atoms with van der Waals surface area (Å²) in [4.78, 5) is 0. The van der Waals surface area contributed by atoms with Crippen LogP contribution in [0.1, 0.15) is 57.6 Å². The number of rotatable bonds is 5. The zero-order valence-corrected chi connectivity index (χ0v) is 12.8. The summed E-state index contributed by atoms with van der Waals surface area (Å²) in [6.07, 6.45) is 5.51. The highest BCUT2D eigenvalue weighted by atomic mass is 16.5. The van der Waals surface area contributed by atoms with Gasteiger partial charge in [-0.05, 0) is 38.7 Å². The van der Waals surface area contributed by atoms with Crippen molar-refractivity contribution in [1.29, 1.82) is 0 Å². The first-order valence-electron chi connectivity index (χ1n) is 7.65. The van der Waals surface area contributed by atoms with Crippen LogP contribution in [0.25, 0.3) is 0 Å². The topological polar surface area (TPSA) is 38.7 Å². The molecule has 0 aromatic heterocycles. The number of benzene rings is 1. The lowest BCUT2D eigenvalue weighted by atomic mass is 9.82. The van der Waals surface area contributed by atoms with Gasteiger partial charge in [0.25, 0.3) is 0 Å². The first-order valence-corrected chi connectivity index (χ1v) is 7.65. The maximum Gasteiger partial charge on any atom is 0.167 e. The van der Waals surface area contributed by atoms with Gasteiger partial charge >= 0.3 is 0 Å². The molecule has 20 heavy (non-hydrogen) atoms. The molecule has 1 N–H and O–H groups in total. The lowest BCUT2D eigenvalue weighted by Gasteiger charge is -2.28. The predicted molar refractivity (Wildman–Crippen MR) is 80.3 cm³/mol. The first kappa shape index (κ1) is 15.2. The van der Waals surface area contributed by atoms with E-state index in [0.717, 1.165) is 18.4 Å². The Bertz CT molecular complexity index is 422. The molecule has 1 unspecified atom stereocenters. The van der Waals surface area contributed by atoms with Crippen molar-refractivity contribution in [2.24, 2.45) is 5.92 Å². The molecule has 3 heteroatoms. The molecule has 3 nitrogen and oxygen atoms in total. The Labute approximate surface area is 121 Å². The van der Waals surface area contributed by atoms with E-state index in [1.54, 1.807) is 7.11 Å². The van der Waals surface area contributed by atoms with E-state index in [1.807, 2.05) is 32.0 Å². The van der Waals surface area contributed by atoms with Gasteiger partial charge in [-0.2, -0.15) is 0 Å². The lowest BCUT2D eigenvalue weighted by molar-refractivity contribution is 0.0797. The van der Waals surface area contributed by atoms with Crippen LogP contribution >= 0.6 is 0 Å². The Morgan fingerprint density at radius 3 is 2.45 bits per heavy atom. The van der Waals surface area contributed by atoms with Gasteiger partial charge in [-0.25, -0.2) is 0 Å². The van der Waals surface area contributed by atoms with Crippen LogP contribution in [0.3, 0.4) is 0 Å². The maximum atomic E-state index is 10.7. The fraction of sp³-hybridized carbons (Fsp3) is 0.647. The molecule has 0 bridgehead atoms.